The van der Waals surface area contributed by atoms with Crippen LogP contribution in [0.2, 0.25) is 0 Å². The van der Waals surface area contributed by atoms with Gasteiger partial charge in [-0.3, -0.25) is 4.99 Å². The minimum Gasteiger partial charge on any atom is -0.309 e. The number of nitrogens with one attached hydrogen (secondary N) is 1. The third-order valence-corrected chi connectivity index (χ3v) is 3.93. The molecule has 2 N–H and O–H groups in total. The van der Waals surface area contributed by atoms with E-state index in [0.29, 0.717) is 5.75 Å². The highest BCUT2D eigenvalue weighted by Crippen LogP contribution is 2.42. The van der Waals surface area contributed by atoms with Crippen molar-refractivity contribution in [2.45, 2.75) is 27.2 Å². The van der Waals surface area contributed by atoms with Crippen LogP contribution in [0, 0.1) is 10.8 Å². The molecule has 0 amide bonds. The van der Waals surface area contributed by atoms with Gasteiger partial charge in [0.15, 0.2) is 0 Å². The summed E-state index contributed by atoms with van der Waals surface area (Å²) in [5.74, 6) is 0.462. The SMILES string of the molecule is C=CC1=C(/C=C\C)C(C)(C)CC1=NC(/C=C\C=N)=C/CSOO. The normalized spacial score (nSPS) is 20.2. The van der Waals surface area contributed by atoms with Crippen LogP contribution in [0.4, 0.5) is 0 Å². The van der Waals surface area contributed by atoms with Gasteiger partial charge in [-0.15, -0.1) is 0 Å². The average Bonchev–Trinajstić information content (AvgIpc) is 2.75. The summed E-state index contributed by atoms with van der Waals surface area (Å²) >= 11 is 0.918. The summed E-state index contributed by atoms with van der Waals surface area (Å²) in [4.78, 5) is 4.74. The van der Waals surface area contributed by atoms with Crippen LogP contribution in [0.15, 0.2) is 64.9 Å². The van der Waals surface area contributed by atoms with Crippen LogP contribution >= 0.6 is 12.0 Å². The predicted octanol–water partition coefficient (Wildman–Crippen LogP) is 5.14. The second-order valence-corrected chi connectivity index (χ2v) is 6.38. The number of hydrogen-bond donors (Lipinski definition) is 2. The summed E-state index contributed by atoms with van der Waals surface area (Å²) in [7, 11) is 0. The lowest BCUT2D eigenvalue weighted by Crippen LogP contribution is -2.10. The molecular weight excluding hydrogens is 308 g/mol. The smallest absolute Gasteiger partial charge is 0.0603 e. The van der Waals surface area contributed by atoms with Crippen LogP contribution in [-0.4, -0.2) is 22.9 Å². The van der Waals surface area contributed by atoms with Gasteiger partial charge in [0.1, 0.15) is 0 Å². The lowest BCUT2D eigenvalue weighted by molar-refractivity contribution is -0.116. The Morgan fingerprint density at radius 1 is 1.52 bits per heavy atom. The molecule has 1 aliphatic carbocycles. The van der Waals surface area contributed by atoms with E-state index in [1.807, 2.05) is 25.2 Å². The zero-order valence-electron chi connectivity index (χ0n) is 13.9. The Labute approximate surface area is 142 Å². The topological polar surface area (TPSA) is 65.7 Å². The maximum atomic E-state index is 8.40. The first-order valence-corrected chi connectivity index (χ1v) is 8.29. The van der Waals surface area contributed by atoms with Gasteiger partial charge in [-0.1, -0.05) is 38.7 Å². The summed E-state index contributed by atoms with van der Waals surface area (Å²) in [5, 5.41) is 15.5. The molecule has 0 spiro atoms. The maximum Gasteiger partial charge on any atom is 0.0603 e. The molecule has 0 aromatic rings. The van der Waals surface area contributed by atoms with Crippen LogP contribution in [0.5, 0.6) is 0 Å². The van der Waals surface area contributed by atoms with E-state index in [2.05, 4.69) is 30.8 Å². The Bertz CT molecular complexity index is 596. The Balaban J connectivity index is 3.25. The highest BCUT2D eigenvalue weighted by atomic mass is 32.2. The zero-order chi connectivity index (χ0) is 17.3. The van der Waals surface area contributed by atoms with Crippen molar-refractivity contribution in [2.75, 3.05) is 5.75 Å². The standard InChI is InChI=1S/C18H24N2O2S/c1-5-8-16-15(6-2)17(13-18(16,3)4)20-14(9-7-11-19)10-12-23-22-21/h5-11,19,21H,2,12-13H2,1,3-4H3/b8-5-,9-7-,14-10+,19-11?,20-17?. The molecule has 0 unspecified atom stereocenters. The molecule has 0 bridgehead atoms. The molecule has 0 atom stereocenters. The fourth-order valence-corrected chi connectivity index (χ4v) is 2.84. The van der Waals surface area contributed by atoms with Gasteiger partial charge in [-0.2, -0.15) is 4.33 Å². The maximum absolute atomic E-state index is 8.40. The van der Waals surface area contributed by atoms with Gasteiger partial charge in [0.05, 0.1) is 5.70 Å². The van der Waals surface area contributed by atoms with Crippen molar-refractivity contribution in [3.63, 3.8) is 0 Å². The predicted molar refractivity (Wildman–Crippen MR) is 100 cm³/mol. The van der Waals surface area contributed by atoms with E-state index in [9.17, 15) is 0 Å². The first-order chi connectivity index (χ1) is 11.0. The number of rotatable bonds is 8. The quantitative estimate of drug-likeness (QED) is 0.161. The number of hydrogen-bond acceptors (Lipinski definition) is 5. The molecule has 0 radical (unpaired) electrons. The van der Waals surface area contributed by atoms with E-state index in [4.69, 9.17) is 15.7 Å². The first-order valence-electron chi connectivity index (χ1n) is 7.38. The first kappa shape index (κ1) is 19.4. The molecule has 23 heavy (non-hydrogen) atoms. The van der Waals surface area contributed by atoms with Crippen LogP contribution in [0.25, 0.3) is 0 Å². The molecule has 124 valence electrons. The van der Waals surface area contributed by atoms with Gasteiger partial charge in [0, 0.05) is 29.7 Å². The molecule has 0 aliphatic heterocycles. The van der Waals surface area contributed by atoms with Gasteiger partial charge in [-0.05, 0) is 48.1 Å². The van der Waals surface area contributed by atoms with E-state index in [0.717, 1.165) is 35.4 Å². The Morgan fingerprint density at radius 3 is 2.83 bits per heavy atom. The zero-order valence-corrected chi connectivity index (χ0v) is 14.7. The van der Waals surface area contributed by atoms with Crippen LogP contribution in [-0.2, 0) is 4.33 Å². The number of allylic oxidation sites excluding steroid dienone is 7. The largest absolute Gasteiger partial charge is 0.309 e. The Morgan fingerprint density at radius 2 is 2.26 bits per heavy atom. The molecule has 0 heterocycles. The third-order valence-electron chi connectivity index (χ3n) is 3.52. The van der Waals surface area contributed by atoms with Crippen molar-refractivity contribution in [3.05, 3.63) is 59.9 Å². The summed E-state index contributed by atoms with van der Waals surface area (Å²) in [6.07, 6.45) is 13.3. The lowest BCUT2D eigenvalue weighted by Gasteiger charge is -2.19. The number of aliphatic imine (C=N–C) groups is 1. The summed E-state index contributed by atoms with van der Waals surface area (Å²) in [6, 6.07) is 0. The van der Waals surface area contributed by atoms with E-state index < -0.39 is 0 Å². The molecule has 1 rings (SSSR count). The number of nitrogens with zero attached hydrogens (tertiary/aromatic N) is 1. The van der Waals surface area contributed by atoms with E-state index in [-0.39, 0.29) is 5.41 Å². The fraction of sp³-hybridized carbons (Fsp3) is 0.333. The van der Waals surface area contributed by atoms with Crippen LogP contribution in [0.3, 0.4) is 0 Å². The summed E-state index contributed by atoms with van der Waals surface area (Å²) in [6.45, 7) is 10.3. The lowest BCUT2D eigenvalue weighted by atomic mass is 9.85. The van der Waals surface area contributed by atoms with Crippen molar-refractivity contribution in [2.24, 2.45) is 10.4 Å². The third kappa shape index (κ3) is 5.46. The summed E-state index contributed by atoms with van der Waals surface area (Å²) < 4.78 is 4.01. The summed E-state index contributed by atoms with van der Waals surface area (Å²) in [5.41, 5.74) is 4.01. The molecule has 0 fully saturated rings. The molecule has 0 saturated carbocycles. The fourth-order valence-electron chi connectivity index (χ4n) is 2.54. The van der Waals surface area contributed by atoms with Gasteiger partial charge < -0.3 is 5.41 Å². The monoisotopic (exact) mass is 332 g/mol. The van der Waals surface area contributed by atoms with Crippen molar-refractivity contribution < 1.29 is 9.59 Å². The highest BCUT2D eigenvalue weighted by Gasteiger charge is 2.34. The molecule has 0 saturated heterocycles. The van der Waals surface area contributed by atoms with E-state index in [1.165, 1.54) is 11.8 Å². The molecule has 1 aliphatic rings. The average molecular weight is 332 g/mol. The van der Waals surface area contributed by atoms with Gasteiger partial charge in [0.2, 0.25) is 0 Å². The second-order valence-electron chi connectivity index (χ2n) is 5.66. The van der Waals surface area contributed by atoms with Crippen molar-refractivity contribution in [1.29, 1.82) is 5.41 Å². The second kappa shape index (κ2) is 9.45. The van der Waals surface area contributed by atoms with Crippen molar-refractivity contribution in [1.82, 2.24) is 0 Å². The van der Waals surface area contributed by atoms with Gasteiger partial charge >= 0.3 is 0 Å². The van der Waals surface area contributed by atoms with Gasteiger partial charge in [-0.25, -0.2) is 5.26 Å². The van der Waals surface area contributed by atoms with E-state index in [1.54, 1.807) is 12.2 Å². The molecule has 0 aromatic carbocycles. The molecule has 4 nitrogen and oxygen atoms in total. The van der Waals surface area contributed by atoms with Crippen molar-refractivity contribution >= 4 is 24.0 Å². The highest BCUT2D eigenvalue weighted by molar-refractivity contribution is 7.94. The minimum atomic E-state index is 0.00813. The van der Waals surface area contributed by atoms with Crippen molar-refractivity contribution in [3.8, 4) is 0 Å². The molecular formula is C18H24N2O2S. The molecule has 5 heteroatoms. The van der Waals surface area contributed by atoms with Gasteiger partial charge in [0.25, 0.3) is 0 Å². The molecule has 0 aromatic heterocycles. The van der Waals surface area contributed by atoms with Crippen LogP contribution < -0.4 is 0 Å². The Hall–Kier alpha value is -1.69. The Kier molecular flexibility index (Phi) is 7.95. The minimum absolute atomic E-state index is 0.00813. The van der Waals surface area contributed by atoms with Crippen LogP contribution in [0.1, 0.15) is 27.2 Å². The van der Waals surface area contributed by atoms with E-state index >= 15 is 0 Å².